The monoisotopic (exact) mass is 364 g/mol. The molecule has 1 saturated heterocycles. The van der Waals surface area contributed by atoms with Crippen molar-refractivity contribution in [2.75, 3.05) is 38.2 Å². The Bertz CT molecular complexity index is 851. The maximum atomic E-state index is 13.0. The molecule has 0 saturated carbocycles. The fourth-order valence-electron chi connectivity index (χ4n) is 3.24. The number of sulfonamides is 1. The Labute approximate surface area is 148 Å². The minimum absolute atomic E-state index is 0.341. The van der Waals surface area contributed by atoms with Gasteiger partial charge >= 0.3 is 0 Å². The average molecular weight is 364 g/mol. The van der Waals surface area contributed by atoms with E-state index in [4.69, 9.17) is 4.74 Å². The molecule has 1 aliphatic heterocycles. The second kappa shape index (κ2) is 6.68. The minimum Gasteiger partial charge on any atom is -0.497 e. The molecule has 0 aliphatic carbocycles. The van der Waals surface area contributed by atoms with Crippen LogP contribution in [0.3, 0.4) is 0 Å². The summed E-state index contributed by atoms with van der Waals surface area (Å²) in [5.41, 5.74) is 2.30. The second-order valence-electron chi connectivity index (χ2n) is 6.21. The van der Waals surface area contributed by atoms with Crippen molar-refractivity contribution in [1.82, 2.24) is 14.1 Å². The van der Waals surface area contributed by atoms with Crippen molar-refractivity contribution < 1.29 is 13.2 Å². The normalized spacial score (nSPS) is 16.2. The van der Waals surface area contributed by atoms with Crippen LogP contribution < -0.4 is 9.64 Å². The van der Waals surface area contributed by atoms with Gasteiger partial charge in [0.1, 0.15) is 10.6 Å². The quantitative estimate of drug-likeness (QED) is 0.824. The van der Waals surface area contributed by atoms with E-state index in [0.29, 0.717) is 42.5 Å². The zero-order valence-electron chi connectivity index (χ0n) is 15.1. The number of ether oxygens (including phenoxy) is 1. The Morgan fingerprint density at radius 1 is 1.04 bits per heavy atom. The van der Waals surface area contributed by atoms with Crippen LogP contribution in [0.2, 0.25) is 0 Å². The van der Waals surface area contributed by atoms with Crippen LogP contribution in [-0.2, 0) is 17.1 Å². The van der Waals surface area contributed by atoms with Gasteiger partial charge in [-0.25, -0.2) is 8.42 Å². The van der Waals surface area contributed by atoms with E-state index in [9.17, 15) is 8.42 Å². The third-order valence-corrected chi connectivity index (χ3v) is 6.87. The van der Waals surface area contributed by atoms with Gasteiger partial charge < -0.3 is 9.64 Å². The van der Waals surface area contributed by atoms with Crippen LogP contribution in [0, 0.1) is 13.8 Å². The third kappa shape index (κ3) is 3.23. The summed E-state index contributed by atoms with van der Waals surface area (Å²) in [6.07, 6.45) is 0. The van der Waals surface area contributed by atoms with Crippen LogP contribution in [0.15, 0.2) is 29.2 Å². The molecule has 2 aromatic rings. The molecular weight excluding hydrogens is 340 g/mol. The fraction of sp³-hybridized carbons (Fsp3) is 0.471. The van der Waals surface area contributed by atoms with Crippen molar-refractivity contribution in [3.63, 3.8) is 0 Å². The van der Waals surface area contributed by atoms with E-state index in [1.807, 2.05) is 24.3 Å². The lowest BCUT2D eigenvalue weighted by molar-refractivity contribution is 0.384. The van der Waals surface area contributed by atoms with Crippen LogP contribution >= 0.6 is 0 Å². The van der Waals surface area contributed by atoms with Crippen molar-refractivity contribution in [3.05, 3.63) is 35.7 Å². The lowest BCUT2D eigenvalue weighted by atomic mass is 10.2. The van der Waals surface area contributed by atoms with Crippen LogP contribution in [0.25, 0.3) is 0 Å². The maximum absolute atomic E-state index is 13.0. The smallest absolute Gasteiger partial charge is 0.246 e. The number of hydrogen-bond donors (Lipinski definition) is 0. The molecule has 8 heteroatoms. The molecule has 7 nitrogen and oxygen atoms in total. The summed E-state index contributed by atoms with van der Waals surface area (Å²) in [5.74, 6) is 0.812. The predicted molar refractivity (Wildman–Crippen MR) is 96.6 cm³/mol. The SMILES string of the molecule is COc1ccc(N2CCN(S(=O)(=O)c3c(C)nn(C)c3C)CC2)cc1. The van der Waals surface area contributed by atoms with E-state index in [1.54, 1.807) is 37.0 Å². The Balaban J connectivity index is 1.75. The molecule has 1 fully saturated rings. The standard InChI is InChI=1S/C17H24N4O3S/c1-13-17(14(2)19(3)18-13)25(22,23)21-11-9-20(10-12-21)15-5-7-16(24-4)8-6-15/h5-8H,9-12H2,1-4H3. The molecule has 1 aliphatic rings. The van der Waals surface area contributed by atoms with E-state index in [-0.39, 0.29) is 0 Å². The minimum atomic E-state index is -3.52. The largest absolute Gasteiger partial charge is 0.497 e. The molecule has 0 amide bonds. The van der Waals surface area contributed by atoms with Crippen molar-refractivity contribution in [3.8, 4) is 5.75 Å². The first-order chi connectivity index (χ1) is 11.8. The van der Waals surface area contributed by atoms with E-state index in [1.165, 1.54) is 0 Å². The third-order valence-electron chi connectivity index (χ3n) is 4.72. The number of piperazine rings is 1. The van der Waals surface area contributed by atoms with E-state index >= 15 is 0 Å². The number of aryl methyl sites for hydroxylation is 2. The number of benzene rings is 1. The molecule has 0 bridgehead atoms. The van der Waals surface area contributed by atoms with Gasteiger partial charge in [-0.15, -0.1) is 0 Å². The van der Waals surface area contributed by atoms with Gasteiger partial charge in [-0.1, -0.05) is 0 Å². The summed E-state index contributed by atoms with van der Waals surface area (Å²) in [5, 5.41) is 4.24. The molecule has 3 rings (SSSR count). The number of nitrogens with zero attached hydrogens (tertiary/aromatic N) is 4. The molecule has 1 aromatic heterocycles. The van der Waals surface area contributed by atoms with Crippen molar-refractivity contribution in [2.24, 2.45) is 7.05 Å². The van der Waals surface area contributed by atoms with Crippen LogP contribution in [0.5, 0.6) is 5.75 Å². The van der Waals surface area contributed by atoms with Crippen LogP contribution in [0.4, 0.5) is 5.69 Å². The van der Waals surface area contributed by atoms with E-state index in [2.05, 4.69) is 10.00 Å². The Morgan fingerprint density at radius 3 is 2.12 bits per heavy atom. The van der Waals surface area contributed by atoms with Gasteiger partial charge in [0.05, 0.1) is 18.5 Å². The summed E-state index contributed by atoms with van der Waals surface area (Å²) in [7, 11) is -0.109. The average Bonchev–Trinajstić information content (AvgIpc) is 2.87. The van der Waals surface area contributed by atoms with Gasteiger partial charge in [-0.05, 0) is 38.1 Å². The Hall–Kier alpha value is -2.06. The van der Waals surface area contributed by atoms with Gasteiger partial charge in [0, 0.05) is 38.9 Å². The van der Waals surface area contributed by atoms with Gasteiger partial charge in [0.15, 0.2) is 0 Å². The Morgan fingerprint density at radius 2 is 1.64 bits per heavy atom. The van der Waals surface area contributed by atoms with Crippen molar-refractivity contribution in [2.45, 2.75) is 18.7 Å². The first-order valence-electron chi connectivity index (χ1n) is 8.24. The van der Waals surface area contributed by atoms with Crippen LogP contribution in [-0.4, -0.2) is 55.8 Å². The summed E-state index contributed by atoms with van der Waals surface area (Å²) in [6.45, 7) is 5.77. The maximum Gasteiger partial charge on any atom is 0.246 e. The van der Waals surface area contributed by atoms with Crippen LogP contribution in [0.1, 0.15) is 11.4 Å². The molecule has 2 heterocycles. The number of aromatic nitrogens is 2. The molecule has 0 spiro atoms. The van der Waals surface area contributed by atoms with Crippen molar-refractivity contribution >= 4 is 15.7 Å². The highest BCUT2D eigenvalue weighted by Crippen LogP contribution is 2.26. The molecule has 25 heavy (non-hydrogen) atoms. The molecule has 136 valence electrons. The fourth-order valence-corrected chi connectivity index (χ4v) is 5.06. The first-order valence-corrected chi connectivity index (χ1v) is 9.68. The molecule has 0 radical (unpaired) electrons. The molecular formula is C17H24N4O3S. The van der Waals surface area contributed by atoms with E-state index < -0.39 is 10.0 Å². The summed E-state index contributed by atoms with van der Waals surface area (Å²) < 4.78 is 34.4. The van der Waals surface area contributed by atoms with Gasteiger partial charge in [-0.3, -0.25) is 4.68 Å². The lowest BCUT2D eigenvalue weighted by Crippen LogP contribution is -2.48. The number of methoxy groups -OCH3 is 1. The molecule has 0 N–H and O–H groups in total. The van der Waals surface area contributed by atoms with Gasteiger partial charge in [0.25, 0.3) is 0 Å². The highest BCUT2D eigenvalue weighted by Gasteiger charge is 2.32. The predicted octanol–water partition coefficient (Wildman–Crippen LogP) is 1.56. The summed E-state index contributed by atoms with van der Waals surface area (Å²) in [4.78, 5) is 2.53. The topological polar surface area (TPSA) is 67.7 Å². The zero-order chi connectivity index (χ0) is 18.2. The highest BCUT2D eigenvalue weighted by molar-refractivity contribution is 7.89. The summed E-state index contributed by atoms with van der Waals surface area (Å²) >= 11 is 0. The van der Waals surface area contributed by atoms with E-state index in [0.717, 1.165) is 11.4 Å². The summed E-state index contributed by atoms with van der Waals surface area (Å²) in [6, 6.07) is 7.83. The van der Waals surface area contributed by atoms with Gasteiger partial charge in [0.2, 0.25) is 10.0 Å². The molecule has 1 aromatic carbocycles. The first kappa shape index (κ1) is 17.8. The zero-order valence-corrected chi connectivity index (χ0v) is 15.9. The number of hydrogen-bond acceptors (Lipinski definition) is 5. The Kier molecular flexibility index (Phi) is 4.75. The molecule has 0 unspecified atom stereocenters. The van der Waals surface area contributed by atoms with Gasteiger partial charge in [-0.2, -0.15) is 9.40 Å². The molecule has 0 atom stereocenters. The second-order valence-corrected chi connectivity index (χ2v) is 8.09. The lowest BCUT2D eigenvalue weighted by Gasteiger charge is -2.35. The number of rotatable bonds is 4. The highest BCUT2D eigenvalue weighted by atomic mass is 32.2. The van der Waals surface area contributed by atoms with Crippen molar-refractivity contribution in [1.29, 1.82) is 0 Å². The number of anilines is 1.